The summed E-state index contributed by atoms with van der Waals surface area (Å²) in [5, 5.41) is 10.8. The minimum atomic E-state index is -0.820. The molecule has 2 rings (SSSR count). The van der Waals surface area contributed by atoms with Gasteiger partial charge in [-0.3, -0.25) is 4.79 Å². The van der Waals surface area contributed by atoms with Gasteiger partial charge in [0.15, 0.2) is 0 Å². The van der Waals surface area contributed by atoms with Crippen molar-refractivity contribution < 1.29 is 9.90 Å². The molecule has 0 amide bonds. The average Bonchev–Trinajstić information content (AvgIpc) is 2.69. The summed E-state index contributed by atoms with van der Waals surface area (Å²) in [6, 6.07) is 7.77. The highest BCUT2D eigenvalue weighted by molar-refractivity contribution is 7.11. The molecule has 1 aromatic carbocycles. The lowest BCUT2D eigenvalue weighted by atomic mass is 10.2. The molecule has 0 saturated carbocycles. The highest BCUT2D eigenvalue weighted by Gasteiger charge is 2.14. The number of carbonyl (C=O) groups is 1. The van der Waals surface area contributed by atoms with Crippen molar-refractivity contribution in [3.8, 4) is 0 Å². The van der Waals surface area contributed by atoms with E-state index in [4.69, 9.17) is 5.11 Å². The van der Waals surface area contributed by atoms with Gasteiger partial charge in [0.2, 0.25) is 0 Å². The van der Waals surface area contributed by atoms with E-state index in [0.717, 1.165) is 15.9 Å². The summed E-state index contributed by atoms with van der Waals surface area (Å²) in [7, 11) is 0. The van der Waals surface area contributed by atoms with Gasteiger partial charge < -0.3 is 10.0 Å². The monoisotopic (exact) mass is 236 g/mol. The molecule has 0 saturated heterocycles. The Bertz CT molecular complexity index is 509. The number of fused-ring (bicyclic) bond motifs is 1. The maximum Gasteiger partial charge on any atom is 0.323 e. The van der Waals surface area contributed by atoms with Crippen LogP contribution in [0, 0.1) is 0 Å². The van der Waals surface area contributed by atoms with E-state index in [9.17, 15) is 4.79 Å². The van der Waals surface area contributed by atoms with Crippen LogP contribution in [0.15, 0.2) is 24.3 Å². The van der Waals surface area contributed by atoms with Crippen LogP contribution in [0.2, 0.25) is 0 Å². The topological polar surface area (TPSA) is 53.4 Å². The second kappa shape index (κ2) is 4.49. The van der Waals surface area contributed by atoms with Crippen LogP contribution in [-0.2, 0) is 4.79 Å². The molecule has 0 aliphatic rings. The Morgan fingerprint density at radius 2 is 2.25 bits per heavy atom. The number of hydrogen-bond donors (Lipinski definition) is 1. The minimum absolute atomic E-state index is 0.0166. The summed E-state index contributed by atoms with van der Waals surface area (Å²) in [6.45, 7) is 2.62. The third kappa shape index (κ3) is 1.99. The van der Waals surface area contributed by atoms with Crippen LogP contribution in [0.5, 0.6) is 0 Å². The van der Waals surface area contributed by atoms with E-state index in [1.807, 2.05) is 36.1 Å². The second-order valence-electron chi connectivity index (χ2n) is 3.41. The Morgan fingerprint density at radius 1 is 1.50 bits per heavy atom. The molecule has 1 heterocycles. The molecule has 2 aromatic rings. The number of hydrogen-bond acceptors (Lipinski definition) is 4. The Labute approximate surface area is 97.3 Å². The zero-order valence-electron chi connectivity index (χ0n) is 8.88. The summed E-state index contributed by atoms with van der Waals surface area (Å²) < 4.78 is 4.30. The average molecular weight is 236 g/mol. The van der Waals surface area contributed by atoms with Gasteiger partial charge in [-0.05, 0) is 30.6 Å². The molecular formula is C11H12N2O2S. The number of carboxylic acids is 1. The largest absolute Gasteiger partial charge is 0.480 e. The molecule has 0 unspecified atom stereocenters. The molecule has 1 aromatic heterocycles. The molecular weight excluding hydrogens is 224 g/mol. The molecule has 0 radical (unpaired) electrons. The van der Waals surface area contributed by atoms with E-state index in [1.54, 1.807) is 0 Å². The lowest BCUT2D eigenvalue weighted by Gasteiger charge is -2.18. The van der Waals surface area contributed by atoms with Crippen molar-refractivity contribution in [2.75, 3.05) is 18.0 Å². The zero-order valence-corrected chi connectivity index (χ0v) is 9.70. The fourth-order valence-corrected chi connectivity index (χ4v) is 2.52. The van der Waals surface area contributed by atoms with Crippen molar-refractivity contribution in [3.63, 3.8) is 0 Å². The fraction of sp³-hybridized carbons (Fsp3) is 0.273. The molecule has 0 spiro atoms. The quantitative estimate of drug-likeness (QED) is 0.884. The maximum absolute atomic E-state index is 10.7. The molecule has 5 heteroatoms. The highest BCUT2D eigenvalue weighted by Crippen LogP contribution is 2.30. The van der Waals surface area contributed by atoms with Gasteiger partial charge in [0.25, 0.3) is 0 Å². The number of benzene rings is 1. The van der Waals surface area contributed by atoms with Crippen molar-refractivity contribution in [1.29, 1.82) is 0 Å². The third-order valence-electron chi connectivity index (χ3n) is 2.36. The highest BCUT2D eigenvalue weighted by atomic mass is 32.1. The Balaban J connectivity index is 2.41. The summed E-state index contributed by atoms with van der Waals surface area (Å²) in [5.74, 6) is -0.820. The van der Waals surface area contributed by atoms with Gasteiger partial charge in [-0.1, -0.05) is 12.1 Å². The first-order chi connectivity index (χ1) is 7.72. The lowest BCUT2D eigenvalue weighted by molar-refractivity contribution is -0.135. The molecule has 0 fully saturated rings. The zero-order chi connectivity index (χ0) is 11.5. The summed E-state index contributed by atoms with van der Waals surface area (Å²) in [5.41, 5.74) is 0.923. The molecule has 16 heavy (non-hydrogen) atoms. The van der Waals surface area contributed by atoms with Crippen molar-refractivity contribution in [2.45, 2.75) is 6.92 Å². The minimum Gasteiger partial charge on any atom is -0.480 e. The lowest BCUT2D eigenvalue weighted by Crippen LogP contribution is -2.28. The first kappa shape index (κ1) is 10.9. The normalized spacial score (nSPS) is 10.6. The summed E-state index contributed by atoms with van der Waals surface area (Å²) >= 11 is 1.35. The van der Waals surface area contributed by atoms with E-state index >= 15 is 0 Å². The van der Waals surface area contributed by atoms with Crippen molar-refractivity contribution in [3.05, 3.63) is 24.3 Å². The molecule has 84 valence electrons. The van der Waals surface area contributed by atoms with Crippen LogP contribution in [0.4, 0.5) is 5.00 Å². The number of carboxylic acid groups (broad SMARTS) is 1. The molecule has 0 atom stereocenters. The van der Waals surface area contributed by atoms with E-state index in [1.165, 1.54) is 11.5 Å². The van der Waals surface area contributed by atoms with Gasteiger partial charge in [-0.25, -0.2) is 0 Å². The predicted octanol–water partition coefficient (Wildman–Crippen LogP) is 2.21. The number of anilines is 1. The van der Waals surface area contributed by atoms with Crippen LogP contribution < -0.4 is 4.90 Å². The van der Waals surface area contributed by atoms with E-state index < -0.39 is 5.97 Å². The first-order valence-electron chi connectivity index (χ1n) is 5.03. The predicted molar refractivity (Wildman–Crippen MR) is 65.1 cm³/mol. The molecule has 0 bridgehead atoms. The van der Waals surface area contributed by atoms with E-state index in [2.05, 4.69) is 4.37 Å². The summed E-state index contributed by atoms with van der Waals surface area (Å²) in [4.78, 5) is 12.6. The van der Waals surface area contributed by atoms with Crippen LogP contribution in [0.25, 0.3) is 10.9 Å². The smallest absolute Gasteiger partial charge is 0.323 e. The van der Waals surface area contributed by atoms with Gasteiger partial charge in [0.1, 0.15) is 11.5 Å². The van der Waals surface area contributed by atoms with Crippen LogP contribution in [0.1, 0.15) is 6.92 Å². The van der Waals surface area contributed by atoms with E-state index in [-0.39, 0.29) is 6.54 Å². The van der Waals surface area contributed by atoms with Gasteiger partial charge in [-0.15, -0.1) is 0 Å². The van der Waals surface area contributed by atoms with Gasteiger partial charge in [0.05, 0.1) is 5.52 Å². The first-order valence-corrected chi connectivity index (χ1v) is 5.81. The van der Waals surface area contributed by atoms with Gasteiger partial charge >= 0.3 is 5.97 Å². The molecule has 4 nitrogen and oxygen atoms in total. The van der Waals surface area contributed by atoms with Gasteiger partial charge in [0, 0.05) is 11.9 Å². The van der Waals surface area contributed by atoms with Gasteiger partial charge in [-0.2, -0.15) is 4.37 Å². The Morgan fingerprint density at radius 3 is 2.94 bits per heavy atom. The van der Waals surface area contributed by atoms with Crippen LogP contribution in [-0.4, -0.2) is 28.5 Å². The van der Waals surface area contributed by atoms with Crippen LogP contribution in [0.3, 0.4) is 0 Å². The number of aliphatic carboxylic acids is 1. The van der Waals surface area contributed by atoms with Crippen molar-refractivity contribution in [1.82, 2.24) is 4.37 Å². The standard InChI is InChI=1S/C11H12N2O2S/c1-2-13(7-10(14)15)11-8-5-3-4-6-9(8)12-16-11/h3-6H,2,7H2,1H3,(H,14,15). The number of aromatic nitrogens is 1. The number of rotatable bonds is 4. The maximum atomic E-state index is 10.7. The van der Waals surface area contributed by atoms with Crippen molar-refractivity contribution in [2.24, 2.45) is 0 Å². The Hall–Kier alpha value is -1.62. The Kier molecular flexibility index (Phi) is 3.05. The fourth-order valence-electron chi connectivity index (χ4n) is 1.59. The third-order valence-corrected chi connectivity index (χ3v) is 3.30. The van der Waals surface area contributed by atoms with Crippen LogP contribution >= 0.6 is 11.5 Å². The second-order valence-corrected chi connectivity index (χ2v) is 4.16. The summed E-state index contributed by atoms with van der Waals surface area (Å²) in [6.07, 6.45) is 0. The number of nitrogens with zero attached hydrogens (tertiary/aromatic N) is 2. The SMILES string of the molecule is CCN(CC(=O)O)c1snc2ccccc12. The van der Waals surface area contributed by atoms with Crippen molar-refractivity contribution >= 4 is 33.4 Å². The molecule has 0 aliphatic heterocycles. The molecule has 1 N–H and O–H groups in total. The van der Waals surface area contributed by atoms with E-state index in [0.29, 0.717) is 6.54 Å². The number of likely N-dealkylation sites (N-methyl/N-ethyl adjacent to an activating group) is 1. The molecule has 0 aliphatic carbocycles.